The van der Waals surface area contributed by atoms with Crippen LogP contribution in [-0.2, 0) is 18.3 Å². The molecular formula is C19H13ClF3N3O2. The maximum absolute atomic E-state index is 13.7. The Morgan fingerprint density at radius 1 is 1.11 bits per heavy atom. The monoisotopic (exact) mass is 407 g/mol. The first-order valence-electron chi connectivity index (χ1n) is 7.89. The number of hydrogen-bond donors (Lipinski definition) is 1. The Morgan fingerprint density at radius 2 is 1.79 bits per heavy atom. The van der Waals surface area contributed by atoms with E-state index in [9.17, 15) is 18.3 Å². The molecule has 144 valence electrons. The van der Waals surface area contributed by atoms with Crippen molar-refractivity contribution in [3.63, 3.8) is 0 Å². The molecule has 0 amide bonds. The van der Waals surface area contributed by atoms with Crippen molar-refractivity contribution in [2.75, 3.05) is 0 Å². The number of ether oxygens (including phenoxy) is 1. The Balaban J connectivity index is 2.01. The van der Waals surface area contributed by atoms with Crippen molar-refractivity contribution >= 4 is 11.6 Å². The van der Waals surface area contributed by atoms with Crippen molar-refractivity contribution in [2.24, 2.45) is 0 Å². The lowest BCUT2D eigenvalue weighted by Gasteiger charge is -2.26. The van der Waals surface area contributed by atoms with Gasteiger partial charge in [0.2, 0.25) is 0 Å². The molecule has 0 bridgehead atoms. The minimum atomic E-state index is -4.78. The number of halogens is 4. The third kappa shape index (κ3) is 4.27. The van der Waals surface area contributed by atoms with Gasteiger partial charge in [-0.2, -0.15) is 18.3 Å². The molecule has 0 aliphatic heterocycles. The Kier molecular flexibility index (Phi) is 5.31. The van der Waals surface area contributed by atoms with Crippen molar-refractivity contribution in [1.29, 1.82) is 0 Å². The summed E-state index contributed by atoms with van der Waals surface area (Å²) in [6, 6.07) is 9.30. The summed E-state index contributed by atoms with van der Waals surface area (Å²) in [5, 5.41) is 15.0. The van der Waals surface area contributed by atoms with Gasteiger partial charge in [0, 0.05) is 10.6 Å². The molecule has 1 atom stereocenters. The van der Waals surface area contributed by atoms with E-state index in [1.807, 2.05) is 5.92 Å². The molecular weight excluding hydrogens is 395 g/mol. The largest absolute Gasteiger partial charge is 0.457 e. The average Bonchev–Trinajstić information content (AvgIpc) is 3.15. The highest BCUT2D eigenvalue weighted by Crippen LogP contribution is 2.40. The molecule has 1 N–H and O–H groups in total. The second-order valence-corrected chi connectivity index (χ2v) is 6.30. The molecule has 0 spiro atoms. The van der Waals surface area contributed by atoms with Gasteiger partial charge >= 0.3 is 6.18 Å². The Bertz CT molecular complexity index is 999. The minimum absolute atomic E-state index is 0.0708. The van der Waals surface area contributed by atoms with Gasteiger partial charge in [0.1, 0.15) is 24.2 Å². The van der Waals surface area contributed by atoms with Crippen LogP contribution in [0.3, 0.4) is 0 Å². The molecule has 0 unspecified atom stereocenters. The number of aliphatic hydroxyl groups is 1. The predicted octanol–water partition coefficient (Wildman–Crippen LogP) is 4.26. The van der Waals surface area contributed by atoms with Crippen LogP contribution in [0.4, 0.5) is 13.2 Å². The molecule has 9 heteroatoms. The van der Waals surface area contributed by atoms with Gasteiger partial charge in [0.25, 0.3) is 0 Å². The summed E-state index contributed by atoms with van der Waals surface area (Å²) >= 11 is 5.78. The molecule has 0 saturated heterocycles. The highest BCUT2D eigenvalue weighted by molar-refractivity contribution is 6.30. The Morgan fingerprint density at radius 3 is 2.36 bits per heavy atom. The number of terminal acetylenes is 1. The lowest BCUT2D eigenvalue weighted by atomic mass is 9.89. The van der Waals surface area contributed by atoms with Crippen LogP contribution in [0.2, 0.25) is 5.02 Å². The molecule has 0 aliphatic carbocycles. The number of alkyl halides is 3. The summed E-state index contributed by atoms with van der Waals surface area (Å²) in [5.74, 6) is 2.27. The van der Waals surface area contributed by atoms with Crippen molar-refractivity contribution in [1.82, 2.24) is 14.8 Å². The van der Waals surface area contributed by atoms with Gasteiger partial charge in [0.05, 0.1) is 12.1 Å². The summed E-state index contributed by atoms with van der Waals surface area (Å²) in [6.45, 7) is -0.399. The van der Waals surface area contributed by atoms with E-state index in [-0.39, 0.29) is 5.75 Å². The van der Waals surface area contributed by atoms with Crippen LogP contribution in [0.5, 0.6) is 11.5 Å². The van der Waals surface area contributed by atoms with Gasteiger partial charge in [-0.3, -0.25) is 0 Å². The van der Waals surface area contributed by atoms with E-state index >= 15 is 0 Å². The van der Waals surface area contributed by atoms with E-state index < -0.39 is 29.4 Å². The zero-order chi connectivity index (χ0) is 20.4. The zero-order valence-corrected chi connectivity index (χ0v) is 14.9. The summed E-state index contributed by atoms with van der Waals surface area (Å²) in [5.41, 5.74) is -3.85. The minimum Gasteiger partial charge on any atom is -0.457 e. The predicted molar refractivity (Wildman–Crippen MR) is 95.7 cm³/mol. The number of hydrogen-bond acceptors (Lipinski definition) is 4. The van der Waals surface area contributed by atoms with E-state index in [0.29, 0.717) is 10.8 Å². The second-order valence-electron chi connectivity index (χ2n) is 5.86. The SMILES string of the molecule is C#C[C@@](O)(Cn1cncn1)c1ccc(Oc2ccc(Cl)cc2)cc1C(F)(F)F. The van der Waals surface area contributed by atoms with Gasteiger partial charge in [-0.25, -0.2) is 9.67 Å². The lowest BCUT2D eigenvalue weighted by molar-refractivity contribution is -0.140. The molecule has 1 aromatic heterocycles. The van der Waals surface area contributed by atoms with Crippen molar-refractivity contribution < 1.29 is 23.0 Å². The average molecular weight is 408 g/mol. The van der Waals surface area contributed by atoms with E-state index in [2.05, 4.69) is 10.1 Å². The standard InChI is InChI=1S/C19H13ClF3N3O2/c1-2-18(27,10-26-12-24-11-25-26)16-8-7-15(9-17(16)19(21,22)23)28-14-5-3-13(20)4-6-14/h1,3-9,11-12,27H,10H2/t18-/m1/s1. The number of aromatic nitrogens is 3. The third-order valence-corrected chi connectivity index (χ3v) is 4.14. The van der Waals surface area contributed by atoms with E-state index in [0.717, 1.165) is 16.8 Å². The molecule has 0 fully saturated rings. The van der Waals surface area contributed by atoms with E-state index in [1.165, 1.54) is 30.9 Å². The summed E-state index contributed by atoms with van der Waals surface area (Å²) < 4.78 is 47.6. The van der Waals surface area contributed by atoms with Crippen molar-refractivity contribution in [3.05, 3.63) is 71.3 Å². The first kappa shape index (κ1) is 19.7. The molecule has 5 nitrogen and oxygen atoms in total. The molecule has 3 aromatic rings. The van der Waals surface area contributed by atoms with Gasteiger partial charge < -0.3 is 9.84 Å². The molecule has 1 heterocycles. The van der Waals surface area contributed by atoms with E-state index in [4.69, 9.17) is 22.8 Å². The number of rotatable bonds is 5. The van der Waals surface area contributed by atoms with Gasteiger partial charge in [0.15, 0.2) is 5.60 Å². The molecule has 0 saturated carbocycles. The topological polar surface area (TPSA) is 60.2 Å². The molecule has 0 radical (unpaired) electrons. The highest BCUT2D eigenvalue weighted by atomic mass is 35.5. The van der Waals surface area contributed by atoms with Crippen LogP contribution in [0, 0.1) is 12.3 Å². The lowest BCUT2D eigenvalue weighted by Crippen LogP contribution is -2.32. The first-order chi connectivity index (χ1) is 13.2. The van der Waals surface area contributed by atoms with Crippen LogP contribution >= 0.6 is 11.6 Å². The zero-order valence-electron chi connectivity index (χ0n) is 14.2. The van der Waals surface area contributed by atoms with Crippen LogP contribution in [0.25, 0.3) is 0 Å². The van der Waals surface area contributed by atoms with Crippen molar-refractivity contribution in [2.45, 2.75) is 18.3 Å². The molecule has 28 heavy (non-hydrogen) atoms. The van der Waals surface area contributed by atoms with Gasteiger partial charge in [-0.05, 0) is 36.4 Å². The van der Waals surface area contributed by atoms with Gasteiger partial charge in [-0.1, -0.05) is 23.6 Å². The summed E-state index contributed by atoms with van der Waals surface area (Å²) in [6.07, 6.45) is 3.02. The summed E-state index contributed by atoms with van der Waals surface area (Å²) in [7, 11) is 0. The van der Waals surface area contributed by atoms with Crippen molar-refractivity contribution in [3.8, 4) is 23.8 Å². The van der Waals surface area contributed by atoms with Crippen LogP contribution < -0.4 is 4.74 Å². The Hall–Kier alpha value is -3.02. The third-order valence-electron chi connectivity index (χ3n) is 3.89. The quantitative estimate of drug-likeness (QED) is 0.642. The molecule has 2 aromatic carbocycles. The smallest absolute Gasteiger partial charge is 0.416 e. The second kappa shape index (κ2) is 7.54. The fraction of sp³-hybridized carbons (Fsp3) is 0.158. The normalized spacial score (nSPS) is 13.6. The van der Waals surface area contributed by atoms with Crippen LogP contribution in [0.1, 0.15) is 11.1 Å². The maximum atomic E-state index is 13.7. The van der Waals surface area contributed by atoms with Crippen LogP contribution in [0.15, 0.2) is 55.1 Å². The number of nitrogens with zero attached hydrogens (tertiary/aromatic N) is 3. The Labute approximate surface area is 163 Å². The maximum Gasteiger partial charge on any atom is 0.416 e. The first-order valence-corrected chi connectivity index (χ1v) is 8.27. The van der Waals surface area contributed by atoms with Crippen LogP contribution in [-0.4, -0.2) is 19.9 Å². The fourth-order valence-electron chi connectivity index (χ4n) is 2.58. The molecule has 0 aliphatic rings. The van der Waals surface area contributed by atoms with E-state index in [1.54, 1.807) is 12.1 Å². The molecule has 3 rings (SSSR count). The highest BCUT2D eigenvalue weighted by Gasteiger charge is 2.41. The fourth-order valence-corrected chi connectivity index (χ4v) is 2.70. The summed E-state index contributed by atoms with van der Waals surface area (Å²) in [4.78, 5) is 3.69. The number of benzene rings is 2. The van der Waals surface area contributed by atoms with Gasteiger partial charge in [-0.15, -0.1) is 6.42 Å².